The van der Waals surface area contributed by atoms with Gasteiger partial charge in [-0.3, -0.25) is 9.59 Å². The van der Waals surface area contributed by atoms with Crippen molar-refractivity contribution in [2.75, 3.05) is 19.6 Å². The maximum absolute atomic E-state index is 13.0. The number of hydrogen-bond acceptors (Lipinski definition) is 3. The zero-order valence-corrected chi connectivity index (χ0v) is 17.0. The van der Waals surface area contributed by atoms with Crippen molar-refractivity contribution in [3.8, 4) is 10.4 Å². The van der Waals surface area contributed by atoms with Gasteiger partial charge in [0.25, 0.3) is 0 Å². The average molecular weight is 385 g/mol. The van der Waals surface area contributed by atoms with Crippen LogP contribution in [0.5, 0.6) is 0 Å². The van der Waals surface area contributed by atoms with Gasteiger partial charge in [0.05, 0.1) is 5.41 Å². The van der Waals surface area contributed by atoms with Crippen LogP contribution in [0.3, 0.4) is 0 Å². The Kier molecular flexibility index (Phi) is 6.32. The zero-order valence-electron chi connectivity index (χ0n) is 16.2. The van der Waals surface area contributed by atoms with Crippen molar-refractivity contribution < 1.29 is 9.59 Å². The van der Waals surface area contributed by atoms with Crippen LogP contribution in [0.2, 0.25) is 0 Å². The molecule has 4 nitrogen and oxygen atoms in total. The predicted molar refractivity (Wildman–Crippen MR) is 111 cm³/mol. The number of nitrogens with one attached hydrogen (secondary N) is 1. The van der Waals surface area contributed by atoms with Gasteiger partial charge >= 0.3 is 0 Å². The summed E-state index contributed by atoms with van der Waals surface area (Å²) in [5.41, 5.74) is 1.81. The Labute approximate surface area is 165 Å². The molecule has 3 rings (SSSR count). The lowest BCUT2D eigenvalue weighted by atomic mass is 9.74. The molecule has 1 atom stereocenters. The van der Waals surface area contributed by atoms with E-state index in [9.17, 15) is 9.59 Å². The maximum Gasteiger partial charge on any atom is 0.228 e. The van der Waals surface area contributed by atoms with E-state index in [0.29, 0.717) is 25.9 Å². The van der Waals surface area contributed by atoms with E-state index < -0.39 is 5.41 Å². The van der Waals surface area contributed by atoms with Crippen LogP contribution in [-0.2, 0) is 16.0 Å². The lowest BCUT2D eigenvalue weighted by Gasteiger charge is -2.42. The second-order valence-electron chi connectivity index (χ2n) is 7.26. The number of likely N-dealkylation sites (tertiary alicyclic amines) is 1. The number of rotatable bonds is 6. The molecule has 2 amide bonds. The fourth-order valence-corrected chi connectivity index (χ4v) is 4.68. The molecule has 1 N–H and O–H groups in total. The molecule has 1 aromatic heterocycles. The van der Waals surface area contributed by atoms with Crippen LogP contribution < -0.4 is 5.32 Å². The first kappa shape index (κ1) is 19.6. The van der Waals surface area contributed by atoms with Crippen LogP contribution in [0.15, 0.2) is 41.8 Å². The molecule has 1 unspecified atom stereocenters. The van der Waals surface area contributed by atoms with E-state index in [4.69, 9.17) is 0 Å². The average Bonchev–Trinajstić information content (AvgIpc) is 3.23. The van der Waals surface area contributed by atoms with Gasteiger partial charge in [0.1, 0.15) is 0 Å². The number of benzene rings is 1. The van der Waals surface area contributed by atoms with Crippen LogP contribution in [0, 0.1) is 5.41 Å². The highest BCUT2D eigenvalue weighted by Crippen LogP contribution is 2.35. The molecule has 0 spiro atoms. The van der Waals surface area contributed by atoms with E-state index >= 15 is 0 Å². The fraction of sp³-hybridized carbons (Fsp3) is 0.455. The molecule has 2 heterocycles. The molecule has 27 heavy (non-hydrogen) atoms. The minimum atomic E-state index is -0.538. The van der Waals surface area contributed by atoms with Gasteiger partial charge in [0.2, 0.25) is 11.8 Å². The topological polar surface area (TPSA) is 49.4 Å². The quantitative estimate of drug-likeness (QED) is 0.815. The SMILES string of the molecule is CCNC(=O)C1(Cc2ccc(-c3cccs3)cc2)CCCN(C(=O)CC)C1. The van der Waals surface area contributed by atoms with Crippen LogP contribution >= 0.6 is 11.3 Å². The van der Waals surface area contributed by atoms with Gasteiger partial charge in [-0.1, -0.05) is 37.3 Å². The summed E-state index contributed by atoms with van der Waals surface area (Å²) in [6.45, 7) is 5.70. The molecule has 1 saturated heterocycles. The van der Waals surface area contributed by atoms with Crippen molar-refractivity contribution in [3.05, 3.63) is 47.3 Å². The minimum absolute atomic E-state index is 0.0703. The lowest BCUT2D eigenvalue weighted by molar-refractivity contribution is -0.141. The minimum Gasteiger partial charge on any atom is -0.356 e. The molecule has 0 aliphatic carbocycles. The highest BCUT2D eigenvalue weighted by molar-refractivity contribution is 7.13. The second kappa shape index (κ2) is 8.70. The van der Waals surface area contributed by atoms with Crippen molar-refractivity contribution in [2.24, 2.45) is 5.41 Å². The van der Waals surface area contributed by atoms with Crippen LogP contribution in [-0.4, -0.2) is 36.3 Å². The Morgan fingerprint density at radius 1 is 1.19 bits per heavy atom. The highest BCUT2D eigenvalue weighted by Gasteiger charge is 2.43. The summed E-state index contributed by atoms with van der Waals surface area (Å²) >= 11 is 1.73. The highest BCUT2D eigenvalue weighted by atomic mass is 32.1. The third-order valence-corrected chi connectivity index (χ3v) is 6.27. The molecule has 0 saturated carbocycles. The third kappa shape index (κ3) is 4.41. The van der Waals surface area contributed by atoms with Gasteiger partial charge in [-0.2, -0.15) is 0 Å². The van der Waals surface area contributed by atoms with Gasteiger partial charge in [0.15, 0.2) is 0 Å². The molecular formula is C22H28N2O2S. The molecular weight excluding hydrogens is 356 g/mol. The number of thiophene rings is 1. The number of hydrogen-bond donors (Lipinski definition) is 1. The molecule has 1 aliphatic heterocycles. The molecule has 1 aromatic carbocycles. The summed E-state index contributed by atoms with van der Waals surface area (Å²) in [6, 6.07) is 12.7. The van der Waals surface area contributed by atoms with E-state index in [1.54, 1.807) is 11.3 Å². The summed E-state index contributed by atoms with van der Waals surface area (Å²) in [4.78, 5) is 28.4. The monoisotopic (exact) mass is 384 g/mol. The molecule has 5 heteroatoms. The molecule has 0 bridgehead atoms. The van der Waals surface area contributed by atoms with Gasteiger partial charge in [0, 0.05) is 30.9 Å². The number of carbonyl (C=O) groups is 2. The van der Waals surface area contributed by atoms with Crippen LogP contribution in [0.1, 0.15) is 38.7 Å². The van der Waals surface area contributed by atoms with Crippen LogP contribution in [0.4, 0.5) is 0 Å². The Bertz CT molecular complexity index is 770. The Morgan fingerprint density at radius 2 is 1.96 bits per heavy atom. The molecule has 0 radical (unpaired) electrons. The van der Waals surface area contributed by atoms with E-state index in [-0.39, 0.29) is 11.8 Å². The maximum atomic E-state index is 13.0. The molecule has 1 aliphatic rings. The zero-order chi connectivity index (χ0) is 19.3. The lowest BCUT2D eigenvalue weighted by Crippen LogP contribution is -2.54. The largest absolute Gasteiger partial charge is 0.356 e. The van der Waals surface area contributed by atoms with Gasteiger partial charge in [-0.05, 0) is 48.8 Å². The Balaban J connectivity index is 1.83. The van der Waals surface area contributed by atoms with Gasteiger partial charge in [-0.15, -0.1) is 11.3 Å². The van der Waals surface area contributed by atoms with Crippen molar-refractivity contribution in [1.29, 1.82) is 0 Å². The number of nitrogens with zero attached hydrogens (tertiary/aromatic N) is 1. The summed E-state index contributed by atoms with van der Waals surface area (Å²) in [6.07, 6.45) is 2.84. The number of amides is 2. The summed E-state index contributed by atoms with van der Waals surface area (Å²) < 4.78 is 0. The Hall–Kier alpha value is -2.14. The van der Waals surface area contributed by atoms with E-state index in [1.165, 1.54) is 10.4 Å². The van der Waals surface area contributed by atoms with Gasteiger partial charge < -0.3 is 10.2 Å². The van der Waals surface area contributed by atoms with E-state index in [2.05, 4.69) is 47.1 Å². The first-order chi connectivity index (χ1) is 13.1. The van der Waals surface area contributed by atoms with Crippen molar-refractivity contribution in [3.63, 3.8) is 0 Å². The third-order valence-electron chi connectivity index (χ3n) is 5.35. The van der Waals surface area contributed by atoms with Gasteiger partial charge in [-0.25, -0.2) is 0 Å². The van der Waals surface area contributed by atoms with Crippen molar-refractivity contribution >= 4 is 23.2 Å². The fourth-order valence-electron chi connectivity index (χ4n) is 3.95. The van der Waals surface area contributed by atoms with Crippen molar-refractivity contribution in [1.82, 2.24) is 10.2 Å². The molecule has 2 aromatic rings. The second-order valence-corrected chi connectivity index (χ2v) is 8.21. The predicted octanol–water partition coefficient (Wildman–Crippen LogP) is 4.11. The standard InChI is InChI=1S/C22H28N2O2S/c1-3-20(25)24-13-6-12-22(16-24,21(26)23-4-2)15-17-8-10-18(11-9-17)19-7-5-14-27-19/h5,7-11,14H,3-4,6,12-13,15-16H2,1-2H3,(H,23,26). The molecule has 1 fully saturated rings. The first-order valence-corrected chi connectivity index (χ1v) is 10.6. The van der Waals surface area contributed by atoms with Crippen LogP contribution in [0.25, 0.3) is 10.4 Å². The normalized spacial score (nSPS) is 19.7. The smallest absolute Gasteiger partial charge is 0.228 e. The summed E-state index contributed by atoms with van der Waals surface area (Å²) in [5.74, 6) is 0.206. The van der Waals surface area contributed by atoms with Crippen molar-refractivity contribution in [2.45, 2.75) is 39.5 Å². The number of carbonyl (C=O) groups excluding carboxylic acids is 2. The summed E-state index contributed by atoms with van der Waals surface area (Å²) in [7, 11) is 0. The Morgan fingerprint density at radius 3 is 2.59 bits per heavy atom. The first-order valence-electron chi connectivity index (χ1n) is 9.77. The molecule has 144 valence electrons. The van der Waals surface area contributed by atoms with E-state index in [0.717, 1.165) is 24.9 Å². The number of piperidine rings is 1. The summed E-state index contributed by atoms with van der Waals surface area (Å²) in [5, 5.41) is 5.09. The van der Waals surface area contributed by atoms with E-state index in [1.807, 2.05) is 18.7 Å².